The smallest absolute Gasteiger partial charge is 0.255 e. The van der Waals surface area contributed by atoms with Crippen molar-refractivity contribution in [3.05, 3.63) is 70.0 Å². The highest BCUT2D eigenvalue weighted by molar-refractivity contribution is 6.05. The largest absolute Gasteiger partial charge is 0.348 e. The number of halogens is 1. The molecule has 8 heteroatoms. The second-order valence-electron chi connectivity index (χ2n) is 7.49. The number of hydrogen-bond acceptors (Lipinski definition) is 4. The van der Waals surface area contributed by atoms with E-state index in [4.69, 9.17) is 0 Å². The van der Waals surface area contributed by atoms with Crippen LogP contribution in [0, 0.1) is 12.7 Å². The summed E-state index contributed by atoms with van der Waals surface area (Å²) in [5.74, 6) is -1.97. The number of aryl methyl sites for hydroxylation is 1. The summed E-state index contributed by atoms with van der Waals surface area (Å²) in [7, 11) is 0. The van der Waals surface area contributed by atoms with E-state index in [1.165, 1.54) is 17.0 Å². The van der Waals surface area contributed by atoms with Gasteiger partial charge in [0.2, 0.25) is 11.8 Å². The van der Waals surface area contributed by atoms with Gasteiger partial charge in [0.25, 0.3) is 11.8 Å². The number of nitrogens with one attached hydrogen (secondary N) is 2. The molecule has 2 aliphatic heterocycles. The minimum Gasteiger partial charge on any atom is -0.348 e. The van der Waals surface area contributed by atoms with Crippen LogP contribution in [-0.4, -0.2) is 34.6 Å². The summed E-state index contributed by atoms with van der Waals surface area (Å²) in [6.45, 7) is 2.12. The summed E-state index contributed by atoms with van der Waals surface area (Å²) in [5.41, 5.74) is 2.88. The highest BCUT2D eigenvalue weighted by Gasteiger charge is 2.39. The van der Waals surface area contributed by atoms with Crippen LogP contribution in [0.15, 0.2) is 36.4 Å². The van der Waals surface area contributed by atoms with Gasteiger partial charge in [-0.25, -0.2) is 4.39 Å². The molecule has 2 heterocycles. The van der Waals surface area contributed by atoms with Crippen LogP contribution in [-0.2, 0) is 22.7 Å². The zero-order valence-electron chi connectivity index (χ0n) is 16.3. The Bertz CT molecular complexity index is 1080. The Kier molecular flexibility index (Phi) is 5.07. The van der Waals surface area contributed by atoms with Crippen molar-refractivity contribution >= 4 is 23.6 Å². The SMILES string of the molecule is Cc1ccc(F)cc1C(=O)NCc1cccc2c1CN(C1CCC(=O)NC1=O)C2=O. The third-order valence-electron chi connectivity index (χ3n) is 5.56. The second kappa shape index (κ2) is 7.70. The Balaban J connectivity index is 1.51. The average Bonchev–Trinajstić information content (AvgIpc) is 3.05. The number of carbonyl (C=O) groups excluding carboxylic acids is 4. The van der Waals surface area contributed by atoms with Crippen LogP contribution in [0.2, 0.25) is 0 Å². The van der Waals surface area contributed by atoms with E-state index in [1.807, 2.05) is 0 Å². The predicted molar refractivity (Wildman–Crippen MR) is 105 cm³/mol. The molecule has 154 valence electrons. The molecule has 0 bridgehead atoms. The lowest BCUT2D eigenvalue weighted by molar-refractivity contribution is -0.136. The van der Waals surface area contributed by atoms with Gasteiger partial charge in [0.1, 0.15) is 11.9 Å². The number of carbonyl (C=O) groups is 4. The molecule has 1 fully saturated rings. The molecule has 2 aliphatic rings. The molecule has 0 radical (unpaired) electrons. The van der Waals surface area contributed by atoms with Crippen LogP contribution in [0.25, 0.3) is 0 Å². The first kappa shape index (κ1) is 19.8. The first-order valence-electron chi connectivity index (χ1n) is 9.65. The van der Waals surface area contributed by atoms with Crippen molar-refractivity contribution in [3.63, 3.8) is 0 Å². The van der Waals surface area contributed by atoms with Crippen LogP contribution < -0.4 is 10.6 Å². The van der Waals surface area contributed by atoms with Gasteiger partial charge in [-0.15, -0.1) is 0 Å². The number of amides is 4. The molecule has 4 rings (SSSR count). The molecule has 7 nitrogen and oxygen atoms in total. The van der Waals surface area contributed by atoms with Crippen molar-refractivity contribution in [3.8, 4) is 0 Å². The van der Waals surface area contributed by atoms with Gasteiger partial charge in [-0.1, -0.05) is 18.2 Å². The number of piperidine rings is 1. The third kappa shape index (κ3) is 3.56. The van der Waals surface area contributed by atoms with Crippen LogP contribution in [0.1, 0.15) is 50.2 Å². The van der Waals surface area contributed by atoms with Crippen LogP contribution in [0.5, 0.6) is 0 Å². The zero-order valence-corrected chi connectivity index (χ0v) is 16.3. The molecular weight excluding hydrogens is 389 g/mol. The highest BCUT2D eigenvalue weighted by Crippen LogP contribution is 2.29. The van der Waals surface area contributed by atoms with E-state index < -0.39 is 23.7 Å². The van der Waals surface area contributed by atoms with Crippen LogP contribution >= 0.6 is 0 Å². The number of hydrogen-bond donors (Lipinski definition) is 2. The van der Waals surface area contributed by atoms with E-state index in [9.17, 15) is 23.6 Å². The summed E-state index contributed by atoms with van der Waals surface area (Å²) in [5, 5.41) is 5.05. The number of fused-ring (bicyclic) bond motifs is 1. The summed E-state index contributed by atoms with van der Waals surface area (Å²) in [4.78, 5) is 50.4. The molecule has 30 heavy (non-hydrogen) atoms. The molecule has 0 spiro atoms. The van der Waals surface area contributed by atoms with Crippen molar-refractivity contribution < 1.29 is 23.6 Å². The topological polar surface area (TPSA) is 95.6 Å². The summed E-state index contributed by atoms with van der Waals surface area (Å²) >= 11 is 0. The van der Waals surface area contributed by atoms with Gasteiger partial charge in [-0.2, -0.15) is 0 Å². The Hall–Kier alpha value is -3.55. The van der Waals surface area contributed by atoms with E-state index >= 15 is 0 Å². The Morgan fingerprint density at radius 2 is 2.03 bits per heavy atom. The normalized spacial score (nSPS) is 18.3. The van der Waals surface area contributed by atoms with Gasteiger partial charge in [-0.3, -0.25) is 24.5 Å². The maximum atomic E-state index is 13.5. The molecule has 0 aromatic heterocycles. The molecule has 4 amide bonds. The van der Waals surface area contributed by atoms with E-state index in [1.54, 1.807) is 31.2 Å². The van der Waals surface area contributed by atoms with Crippen LogP contribution in [0.3, 0.4) is 0 Å². The Morgan fingerprint density at radius 1 is 1.23 bits per heavy atom. The lowest BCUT2D eigenvalue weighted by atomic mass is 10.0. The summed E-state index contributed by atoms with van der Waals surface area (Å²) in [6, 6.07) is 8.55. The Morgan fingerprint density at radius 3 is 2.80 bits per heavy atom. The molecule has 0 aliphatic carbocycles. The first-order chi connectivity index (χ1) is 14.3. The van der Waals surface area contributed by atoms with Crippen molar-refractivity contribution in [1.29, 1.82) is 0 Å². The zero-order chi connectivity index (χ0) is 21.4. The standard InChI is InChI=1S/C22H20FN3O4/c1-12-5-6-14(23)9-16(12)20(28)24-10-13-3-2-4-15-17(13)11-26(22(15)30)18-7-8-19(27)25-21(18)29/h2-6,9,18H,7-8,10-11H2,1H3,(H,24,28)(H,25,27,29). The van der Waals surface area contributed by atoms with Gasteiger partial charge in [0.15, 0.2) is 0 Å². The molecule has 1 saturated heterocycles. The number of rotatable bonds is 4. The third-order valence-corrected chi connectivity index (χ3v) is 5.56. The van der Waals surface area contributed by atoms with E-state index in [0.29, 0.717) is 11.1 Å². The second-order valence-corrected chi connectivity index (χ2v) is 7.49. The van der Waals surface area contributed by atoms with Gasteiger partial charge in [0.05, 0.1) is 0 Å². The van der Waals surface area contributed by atoms with Crippen molar-refractivity contribution in [2.24, 2.45) is 0 Å². The maximum Gasteiger partial charge on any atom is 0.255 e. The fraction of sp³-hybridized carbons (Fsp3) is 0.273. The molecular formula is C22H20FN3O4. The van der Waals surface area contributed by atoms with Gasteiger partial charge < -0.3 is 10.2 Å². The molecule has 2 N–H and O–H groups in total. The molecule has 0 saturated carbocycles. The first-order valence-corrected chi connectivity index (χ1v) is 9.65. The molecule has 1 unspecified atom stereocenters. The lowest BCUT2D eigenvalue weighted by Crippen LogP contribution is -2.52. The molecule has 1 atom stereocenters. The number of imide groups is 1. The average molecular weight is 409 g/mol. The molecule has 2 aromatic carbocycles. The number of nitrogens with zero attached hydrogens (tertiary/aromatic N) is 1. The fourth-order valence-electron chi connectivity index (χ4n) is 3.93. The van der Waals surface area contributed by atoms with Gasteiger partial charge >= 0.3 is 0 Å². The predicted octanol–water partition coefficient (Wildman–Crippen LogP) is 1.83. The maximum absolute atomic E-state index is 13.5. The number of benzene rings is 2. The van der Waals surface area contributed by atoms with Gasteiger partial charge in [0, 0.05) is 30.6 Å². The van der Waals surface area contributed by atoms with Crippen molar-refractivity contribution in [2.45, 2.75) is 38.9 Å². The molecule has 2 aromatic rings. The van der Waals surface area contributed by atoms with Gasteiger partial charge in [-0.05, 0) is 48.2 Å². The summed E-state index contributed by atoms with van der Waals surface area (Å²) < 4.78 is 13.5. The Labute approximate surface area is 172 Å². The van der Waals surface area contributed by atoms with Crippen molar-refractivity contribution in [1.82, 2.24) is 15.5 Å². The van der Waals surface area contributed by atoms with E-state index in [-0.39, 0.29) is 43.3 Å². The van der Waals surface area contributed by atoms with E-state index in [0.717, 1.165) is 11.1 Å². The van der Waals surface area contributed by atoms with Crippen molar-refractivity contribution in [2.75, 3.05) is 0 Å². The minimum absolute atomic E-state index is 0.161. The monoisotopic (exact) mass is 409 g/mol. The highest BCUT2D eigenvalue weighted by atomic mass is 19.1. The van der Waals surface area contributed by atoms with E-state index in [2.05, 4.69) is 10.6 Å². The quantitative estimate of drug-likeness (QED) is 0.753. The minimum atomic E-state index is -0.694. The summed E-state index contributed by atoms with van der Waals surface area (Å²) in [6.07, 6.45) is 0.474. The van der Waals surface area contributed by atoms with Crippen LogP contribution in [0.4, 0.5) is 4.39 Å². The lowest BCUT2D eigenvalue weighted by Gasteiger charge is -2.29. The fourth-order valence-corrected chi connectivity index (χ4v) is 3.93.